The van der Waals surface area contributed by atoms with Crippen LogP contribution >= 0.6 is 0 Å². The number of piperidine rings is 1. The van der Waals surface area contributed by atoms with Crippen LogP contribution in [0.1, 0.15) is 36.6 Å². The minimum Gasteiger partial charge on any atom is -0.493 e. The topological polar surface area (TPSA) is 93.9 Å². The van der Waals surface area contributed by atoms with E-state index in [0.717, 1.165) is 54.9 Å². The van der Waals surface area contributed by atoms with Crippen LogP contribution in [-0.2, 0) is 17.6 Å². The van der Waals surface area contributed by atoms with Crippen LogP contribution in [0.3, 0.4) is 0 Å². The number of aromatic nitrogens is 4. The van der Waals surface area contributed by atoms with Gasteiger partial charge >= 0.3 is 0 Å². The highest BCUT2D eigenvalue weighted by molar-refractivity contribution is 5.79. The molecule has 9 heteroatoms. The van der Waals surface area contributed by atoms with E-state index in [9.17, 15) is 4.79 Å². The zero-order valence-corrected chi connectivity index (χ0v) is 19.8. The second-order valence-corrected chi connectivity index (χ2v) is 8.34. The van der Waals surface area contributed by atoms with Gasteiger partial charge in [0.05, 0.1) is 20.1 Å². The van der Waals surface area contributed by atoms with E-state index in [1.165, 1.54) is 6.33 Å². The molecule has 0 radical (unpaired) electrons. The highest BCUT2D eigenvalue weighted by Gasteiger charge is 2.29. The van der Waals surface area contributed by atoms with Crippen molar-refractivity contribution >= 4 is 17.5 Å². The van der Waals surface area contributed by atoms with Crippen molar-refractivity contribution in [1.82, 2.24) is 24.9 Å². The first-order chi connectivity index (χ1) is 16.0. The minimum absolute atomic E-state index is 0.0686. The summed E-state index contributed by atoms with van der Waals surface area (Å²) in [6.45, 7) is 6.26. The first-order valence-electron chi connectivity index (χ1n) is 11.5. The molecule has 4 rings (SSSR count). The molecule has 0 saturated carbocycles. The van der Waals surface area contributed by atoms with Crippen molar-refractivity contribution in [3.05, 3.63) is 41.3 Å². The summed E-state index contributed by atoms with van der Waals surface area (Å²) in [5.41, 5.74) is 3.21. The maximum Gasteiger partial charge on any atom is 0.254 e. The summed E-state index contributed by atoms with van der Waals surface area (Å²) in [5, 5.41) is 7.53. The standard InChI is InChI=1S/C24H32N6O3/c1-5-19-16(2)28-24-26-15-27-30(24)23(19)29-12-6-7-18(14-29)22(31)25-11-10-17-8-9-20(32-3)21(13-17)33-4/h8-9,13,15,18H,5-7,10-12,14H2,1-4H3,(H,25,31)/t18-/m0/s1. The van der Waals surface area contributed by atoms with Gasteiger partial charge in [0.2, 0.25) is 5.91 Å². The average Bonchev–Trinajstić information content (AvgIpc) is 3.30. The number of anilines is 1. The fourth-order valence-corrected chi connectivity index (χ4v) is 4.60. The number of amides is 1. The van der Waals surface area contributed by atoms with E-state index in [1.54, 1.807) is 14.2 Å². The molecule has 9 nitrogen and oxygen atoms in total. The van der Waals surface area contributed by atoms with Crippen molar-refractivity contribution < 1.29 is 14.3 Å². The largest absolute Gasteiger partial charge is 0.493 e. The predicted octanol–water partition coefficient (Wildman–Crippen LogP) is 2.59. The summed E-state index contributed by atoms with van der Waals surface area (Å²) in [7, 11) is 3.25. The smallest absolute Gasteiger partial charge is 0.254 e. The zero-order chi connectivity index (χ0) is 23.4. The lowest BCUT2D eigenvalue weighted by Gasteiger charge is -2.35. The number of carbonyl (C=O) groups excluding carboxylic acids is 1. The Kier molecular flexibility index (Phi) is 6.96. The SMILES string of the molecule is CCc1c(C)nc2ncnn2c1N1CCC[C@H](C(=O)NCCc2ccc(OC)c(OC)c2)C1. The van der Waals surface area contributed by atoms with Crippen LogP contribution in [-0.4, -0.2) is 59.3 Å². The molecular formula is C24H32N6O3. The fourth-order valence-electron chi connectivity index (χ4n) is 4.60. The monoisotopic (exact) mass is 452 g/mol. The van der Waals surface area contributed by atoms with E-state index in [4.69, 9.17) is 9.47 Å². The third kappa shape index (κ3) is 4.72. The van der Waals surface area contributed by atoms with Crippen LogP contribution in [0.4, 0.5) is 5.82 Å². The van der Waals surface area contributed by atoms with Crippen LogP contribution in [0.5, 0.6) is 11.5 Å². The first-order valence-corrected chi connectivity index (χ1v) is 11.5. The first kappa shape index (κ1) is 22.8. The van der Waals surface area contributed by atoms with Gasteiger partial charge in [-0.15, -0.1) is 0 Å². The normalized spacial score (nSPS) is 16.1. The quantitative estimate of drug-likeness (QED) is 0.561. The van der Waals surface area contributed by atoms with E-state index in [1.807, 2.05) is 29.6 Å². The molecule has 0 bridgehead atoms. The molecule has 1 amide bonds. The molecule has 33 heavy (non-hydrogen) atoms. The molecule has 1 aromatic carbocycles. The van der Waals surface area contributed by atoms with Gasteiger partial charge in [-0.1, -0.05) is 13.0 Å². The third-order valence-corrected chi connectivity index (χ3v) is 6.31. The molecule has 1 aliphatic heterocycles. The molecule has 0 aliphatic carbocycles. The third-order valence-electron chi connectivity index (χ3n) is 6.31. The van der Waals surface area contributed by atoms with Crippen LogP contribution in [0.2, 0.25) is 0 Å². The Morgan fingerprint density at radius 3 is 2.82 bits per heavy atom. The van der Waals surface area contributed by atoms with Crippen molar-refractivity contribution in [2.24, 2.45) is 5.92 Å². The Morgan fingerprint density at radius 2 is 2.06 bits per heavy atom. The summed E-state index contributed by atoms with van der Waals surface area (Å²) in [6.07, 6.45) is 4.94. The summed E-state index contributed by atoms with van der Waals surface area (Å²) < 4.78 is 12.5. The summed E-state index contributed by atoms with van der Waals surface area (Å²) in [5.74, 6) is 3.04. The number of hydrogen-bond acceptors (Lipinski definition) is 7. The summed E-state index contributed by atoms with van der Waals surface area (Å²) in [4.78, 5) is 24.1. The van der Waals surface area contributed by atoms with Gasteiger partial charge in [0, 0.05) is 30.9 Å². The molecule has 2 aromatic heterocycles. The Bertz CT molecular complexity index is 1130. The van der Waals surface area contributed by atoms with E-state index in [-0.39, 0.29) is 11.8 Å². The number of carbonyl (C=O) groups is 1. The van der Waals surface area contributed by atoms with Crippen LogP contribution < -0.4 is 19.7 Å². The number of methoxy groups -OCH3 is 2. The number of ether oxygens (including phenoxy) is 2. The van der Waals surface area contributed by atoms with Crippen molar-refractivity contribution in [1.29, 1.82) is 0 Å². The van der Waals surface area contributed by atoms with Crippen LogP contribution in [0.25, 0.3) is 5.78 Å². The number of rotatable bonds is 8. The van der Waals surface area contributed by atoms with Crippen molar-refractivity contribution in [3.63, 3.8) is 0 Å². The minimum atomic E-state index is -0.0686. The molecule has 0 spiro atoms. The van der Waals surface area contributed by atoms with Gasteiger partial charge in [-0.3, -0.25) is 4.79 Å². The van der Waals surface area contributed by atoms with Gasteiger partial charge in [-0.25, -0.2) is 4.98 Å². The summed E-state index contributed by atoms with van der Waals surface area (Å²) >= 11 is 0. The van der Waals surface area contributed by atoms with E-state index < -0.39 is 0 Å². The molecule has 1 aliphatic rings. The number of fused-ring (bicyclic) bond motifs is 1. The lowest BCUT2D eigenvalue weighted by Crippen LogP contribution is -2.44. The molecule has 1 fully saturated rings. The van der Waals surface area contributed by atoms with Gasteiger partial charge in [-0.05, 0) is 50.3 Å². The number of benzene rings is 1. The van der Waals surface area contributed by atoms with E-state index in [0.29, 0.717) is 30.4 Å². The highest BCUT2D eigenvalue weighted by Crippen LogP contribution is 2.29. The summed E-state index contributed by atoms with van der Waals surface area (Å²) in [6, 6.07) is 5.84. The average molecular weight is 453 g/mol. The molecule has 3 heterocycles. The molecule has 1 N–H and O–H groups in total. The van der Waals surface area contributed by atoms with E-state index in [2.05, 4.69) is 32.2 Å². The molecule has 1 saturated heterocycles. The number of nitrogens with zero attached hydrogens (tertiary/aromatic N) is 5. The second kappa shape index (κ2) is 10.1. The number of hydrogen-bond donors (Lipinski definition) is 1. The number of nitrogens with one attached hydrogen (secondary N) is 1. The number of aryl methyl sites for hydroxylation is 1. The molecule has 0 unspecified atom stereocenters. The van der Waals surface area contributed by atoms with E-state index >= 15 is 0 Å². The fraction of sp³-hybridized carbons (Fsp3) is 0.500. The molecule has 3 aromatic rings. The Balaban J connectivity index is 1.42. The molecule has 176 valence electrons. The van der Waals surface area contributed by atoms with Gasteiger partial charge in [0.15, 0.2) is 11.5 Å². The zero-order valence-electron chi connectivity index (χ0n) is 19.8. The molecule has 1 atom stereocenters. The maximum absolute atomic E-state index is 13.0. The van der Waals surface area contributed by atoms with Gasteiger partial charge in [0.1, 0.15) is 12.1 Å². The Hall–Kier alpha value is -3.36. The van der Waals surface area contributed by atoms with Crippen molar-refractivity contribution in [2.75, 3.05) is 38.8 Å². The predicted molar refractivity (Wildman–Crippen MR) is 126 cm³/mol. The van der Waals surface area contributed by atoms with Crippen molar-refractivity contribution in [3.8, 4) is 11.5 Å². The van der Waals surface area contributed by atoms with Gasteiger partial charge in [0.25, 0.3) is 5.78 Å². The Labute approximate surface area is 194 Å². The molecular weight excluding hydrogens is 420 g/mol. The van der Waals surface area contributed by atoms with Gasteiger partial charge in [-0.2, -0.15) is 14.6 Å². The second-order valence-electron chi connectivity index (χ2n) is 8.34. The highest BCUT2D eigenvalue weighted by atomic mass is 16.5. The maximum atomic E-state index is 13.0. The van der Waals surface area contributed by atoms with Crippen molar-refractivity contribution in [2.45, 2.75) is 39.5 Å². The van der Waals surface area contributed by atoms with Crippen LogP contribution in [0, 0.1) is 12.8 Å². The van der Waals surface area contributed by atoms with Crippen LogP contribution in [0.15, 0.2) is 24.5 Å². The lowest BCUT2D eigenvalue weighted by molar-refractivity contribution is -0.125. The lowest BCUT2D eigenvalue weighted by atomic mass is 9.96. The Morgan fingerprint density at radius 1 is 1.24 bits per heavy atom. The van der Waals surface area contributed by atoms with Gasteiger partial charge < -0.3 is 19.7 Å².